The van der Waals surface area contributed by atoms with Crippen LogP contribution in [0, 0.1) is 11.8 Å². The van der Waals surface area contributed by atoms with Crippen molar-refractivity contribution in [2.75, 3.05) is 7.05 Å². The molecule has 4 heteroatoms. The van der Waals surface area contributed by atoms with E-state index in [0.717, 1.165) is 19.3 Å². The molecule has 0 spiro atoms. The average Bonchev–Trinajstić information content (AvgIpc) is 2.60. The van der Waals surface area contributed by atoms with Crippen LogP contribution in [0.4, 0.5) is 0 Å². The highest BCUT2D eigenvalue weighted by molar-refractivity contribution is 6.03. The highest BCUT2D eigenvalue weighted by Gasteiger charge is 2.50. The van der Waals surface area contributed by atoms with Crippen LogP contribution in [-0.4, -0.2) is 45.8 Å². The molecule has 0 saturated carbocycles. The van der Waals surface area contributed by atoms with E-state index in [1.54, 1.807) is 4.90 Å². The number of likely N-dealkylation sites (tertiary alicyclic amines) is 2. The number of hydrogen-bond donors (Lipinski definition) is 0. The van der Waals surface area contributed by atoms with Crippen molar-refractivity contribution in [3.05, 3.63) is 0 Å². The minimum Gasteiger partial charge on any atom is -0.296 e. The summed E-state index contributed by atoms with van der Waals surface area (Å²) in [6.07, 6.45) is 2.95. The van der Waals surface area contributed by atoms with Crippen LogP contribution in [0.5, 0.6) is 0 Å². The van der Waals surface area contributed by atoms with Crippen molar-refractivity contribution in [1.82, 2.24) is 9.80 Å². The third kappa shape index (κ3) is 3.08. The molecule has 2 aliphatic heterocycles. The predicted molar refractivity (Wildman–Crippen MR) is 88.4 cm³/mol. The minimum atomic E-state index is -0.0987. The summed E-state index contributed by atoms with van der Waals surface area (Å²) in [6, 6.07) is 0.0402. The van der Waals surface area contributed by atoms with Gasteiger partial charge in [0.05, 0.1) is 0 Å². The molecule has 126 valence electrons. The fraction of sp³-hybridized carbons (Fsp3) is 0.889. The normalized spacial score (nSPS) is 29.6. The van der Waals surface area contributed by atoms with Gasteiger partial charge in [-0.05, 0) is 59.9 Å². The Kier molecular flexibility index (Phi) is 4.46. The van der Waals surface area contributed by atoms with E-state index in [2.05, 4.69) is 53.5 Å². The molecule has 2 aliphatic rings. The molecule has 1 atom stereocenters. The van der Waals surface area contributed by atoms with E-state index in [-0.39, 0.29) is 34.9 Å². The Morgan fingerprint density at radius 3 is 2.05 bits per heavy atom. The molecule has 0 bridgehead atoms. The Morgan fingerprint density at radius 1 is 1.09 bits per heavy atom. The van der Waals surface area contributed by atoms with Gasteiger partial charge in [0.25, 0.3) is 0 Å². The van der Waals surface area contributed by atoms with Gasteiger partial charge in [-0.15, -0.1) is 0 Å². The van der Waals surface area contributed by atoms with E-state index in [4.69, 9.17) is 0 Å². The van der Waals surface area contributed by atoms with Crippen molar-refractivity contribution < 1.29 is 9.59 Å². The van der Waals surface area contributed by atoms with Crippen LogP contribution in [-0.2, 0) is 9.59 Å². The number of rotatable bonds is 3. The molecule has 22 heavy (non-hydrogen) atoms. The summed E-state index contributed by atoms with van der Waals surface area (Å²) >= 11 is 0. The highest BCUT2D eigenvalue weighted by Crippen LogP contribution is 2.41. The topological polar surface area (TPSA) is 40.6 Å². The maximum Gasteiger partial charge on any atom is 0.233 e. The summed E-state index contributed by atoms with van der Waals surface area (Å²) in [5, 5.41) is 0. The zero-order valence-corrected chi connectivity index (χ0v) is 15.3. The number of piperidine rings is 1. The molecule has 0 aromatic rings. The second-order valence-electron chi connectivity index (χ2n) is 8.88. The van der Waals surface area contributed by atoms with E-state index in [1.165, 1.54) is 0 Å². The number of imide groups is 1. The summed E-state index contributed by atoms with van der Waals surface area (Å²) in [6.45, 7) is 13.1. The largest absolute Gasteiger partial charge is 0.296 e. The maximum absolute atomic E-state index is 12.7. The van der Waals surface area contributed by atoms with E-state index in [9.17, 15) is 9.59 Å². The molecule has 1 unspecified atom stereocenters. The summed E-state index contributed by atoms with van der Waals surface area (Å²) in [5.41, 5.74) is -0.0216. The lowest BCUT2D eigenvalue weighted by molar-refractivity contribution is -0.147. The van der Waals surface area contributed by atoms with E-state index >= 15 is 0 Å². The van der Waals surface area contributed by atoms with Crippen LogP contribution in [0.15, 0.2) is 0 Å². The Hall–Kier alpha value is -0.900. The fourth-order valence-corrected chi connectivity index (χ4v) is 4.35. The number of carbonyl (C=O) groups is 2. The number of carbonyl (C=O) groups excluding carboxylic acids is 2. The lowest BCUT2D eigenvalue weighted by Gasteiger charge is -2.54. The summed E-state index contributed by atoms with van der Waals surface area (Å²) in [4.78, 5) is 29.2. The molecule has 0 aliphatic carbocycles. The number of nitrogens with zero attached hydrogens (tertiary/aromatic N) is 2. The Labute approximate surface area is 135 Å². The molecular formula is C18H32N2O2. The molecular weight excluding hydrogens is 276 g/mol. The molecule has 2 rings (SSSR count). The van der Waals surface area contributed by atoms with Crippen molar-refractivity contribution in [3.8, 4) is 0 Å². The molecule has 2 saturated heterocycles. The highest BCUT2D eigenvalue weighted by atomic mass is 16.2. The zero-order valence-electron chi connectivity index (χ0n) is 15.3. The monoisotopic (exact) mass is 308 g/mol. The fourth-order valence-electron chi connectivity index (χ4n) is 4.35. The Balaban J connectivity index is 2.21. The summed E-state index contributed by atoms with van der Waals surface area (Å²) in [7, 11) is 2.14. The van der Waals surface area contributed by atoms with Crippen molar-refractivity contribution in [2.24, 2.45) is 11.8 Å². The number of hydrogen-bond acceptors (Lipinski definition) is 3. The van der Waals surface area contributed by atoms with Gasteiger partial charge in [-0.25, -0.2) is 0 Å². The third-order valence-corrected chi connectivity index (χ3v) is 5.68. The summed E-state index contributed by atoms with van der Waals surface area (Å²) < 4.78 is 0. The van der Waals surface area contributed by atoms with Gasteiger partial charge in [-0.1, -0.05) is 13.8 Å². The first kappa shape index (κ1) is 17.5. The van der Waals surface area contributed by atoms with Crippen molar-refractivity contribution >= 4 is 11.8 Å². The molecule has 0 aromatic heterocycles. The number of amides is 2. The summed E-state index contributed by atoms with van der Waals surface area (Å²) in [5.74, 6) is 0.460. The predicted octanol–water partition coefficient (Wildman–Crippen LogP) is 3.06. The van der Waals surface area contributed by atoms with Crippen LogP contribution in [0.3, 0.4) is 0 Å². The molecule has 2 amide bonds. The average molecular weight is 308 g/mol. The first-order valence-electron chi connectivity index (χ1n) is 8.55. The quantitative estimate of drug-likeness (QED) is 0.752. The van der Waals surface area contributed by atoms with Gasteiger partial charge in [-0.3, -0.25) is 19.4 Å². The van der Waals surface area contributed by atoms with Crippen LogP contribution in [0.25, 0.3) is 0 Å². The first-order chi connectivity index (χ1) is 9.95. The van der Waals surface area contributed by atoms with Crippen molar-refractivity contribution in [2.45, 2.75) is 84.3 Å². The molecule has 0 N–H and O–H groups in total. The van der Waals surface area contributed by atoms with Gasteiger partial charge in [0, 0.05) is 29.5 Å². The van der Waals surface area contributed by atoms with Gasteiger partial charge in [0.1, 0.15) is 0 Å². The van der Waals surface area contributed by atoms with Gasteiger partial charge < -0.3 is 0 Å². The molecule has 0 radical (unpaired) electrons. The second kappa shape index (κ2) is 5.63. The zero-order chi connectivity index (χ0) is 16.9. The van der Waals surface area contributed by atoms with Crippen LogP contribution in [0.1, 0.15) is 67.2 Å². The molecule has 0 aromatic carbocycles. The standard InChI is InChI=1S/C18H32N2O2/c1-12(2)8-13-9-15(21)20(16(13)22)14-10-17(3,4)19(7)18(5,6)11-14/h12-14H,8-11H2,1-7H3. The van der Waals surface area contributed by atoms with Crippen molar-refractivity contribution in [3.63, 3.8) is 0 Å². The lowest BCUT2D eigenvalue weighted by Crippen LogP contribution is -2.63. The SMILES string of the molecule is CC(C)CC1CC(=O)N(C2CC(C)(C)N(C)C(C)(C)C2)C1=O. The Bertz CT molecular complexity index is 450. The third-order valence-electron chi connectivity index (χ3n) is 5.68. The van der Waals surface area contributed by atoms with Gasteiger partial charge in [0.2, 0.25) is 11.8 Å². The maximum atomic E-state index is 12.7. The van der Waals surface area contributed by atoms with Gasteiger partial charge >= 0.3 is 0 Å². The minimum absolute atomic E-state index is 0.0108. The molecule has 4 nitrogen and oxygen atoms in total. The Morgan fingerprint density at radius 2 is 1.59 bits per heavy atom. The van der Waals surface area contributed by atoms with Crippen LogP contribution in [0.2, 0.25) is 0 Å². The van der Waals surface area contributed by atoms with Gasteiger partial charge in [0.15, 0.2) is 0 Å². The molecule has 2 heterocycles. The second-order valence-corrected chi connectivity index (χ2v) is 8.88. The smallest absolute Gasteiger partial charge is 0.233 e. The van der Waals surface area contributed by atoms with E-state index in [0.29, 0.717) is 12.3 Å². The molecule has 2 fully saturated rings. The lowest BCUT2D eigenvalue weighted by atomic mass is 9.77. The van der Waals surface area contributed by atoms with Gasteiger partial charge in [-0.2, -0.15) is 0 Å². The van der Waals surface area contributed by atoms with Crippen LogP contribution >= 0.6 is 0 Å². The first-order valence-corrected chi connectivity index (χ1v) is 8.55. The van der Waals surface area contributed by atoms with Crippen LogP contribution < -0.4 is 0 Å². The van der Waals surface area contributed by atoms with Crippen molar-refractivity contribution in [1.29, 1.82) is 0 Å². The van der Waals surface area contributed by atoms with E-state index < -0.39 is 0 Å². The van der Waals surface area contributed by atoms with E-state index in [1.807, 2.05) is 0 Å².